The van der Waals surface area contributed by atoms with Crippen molar-refractivity contribution in [1.29, 1.82) is 0 Å². The van der Waals surface area contributed by atoms with Crippen molar-refractivity contribution in [3.63, 3.8) is 0 Å². The fourth-order valence-electron chi connectivity index (χ4n) is 1.34. The largest absolute Gasteiger partial charge is 0.309 e. The molecule has 2 atom stereocenters. The topological polar surface area (TPSA) is 29.1 Å². The lowest BCUT2D eigenvalue weighted by Crippen LogP contribution is -2.30. The van der Waals surface area contributed by atoms with Gasteiger partial charge in [-0.2, -0.15) is 0 Å². The van der Waals surface area contributed by atoms with Crippen LogP contribution in [0.2, 0.25) is 0 Å². The summed E-state index contributed by atoms with van der Waals surface area (Å²) in [5, 5.41) is 3.14. The van der Waals surface area contributed by atoms with Crippen LogP contribution >= 0.6 is 0 Å². The third-order valence-corrected chi connectivity index (χ3v) is 3.05. The van der Waals surface area contributed by atoms with Crippen molar-refractivity contribution < 1.29 is 8.60 Å². The second-order valence-corrected chi connectivity index (χ2v) is 5.09. The molecule has 0 heterocycles. The van der Waals surface area contributed by atoms with Gasteiger partial charge in [0, 0.05) is 41.0 Å². The van der Waals surface area contributed by atoms with Crippen LogP contribution in [-0.2, 0) is 17.3 Å². The zero-order valence-electron chi connectivity index (χ0n) is 9.00. The highest BCUT2D eigenvalue weighted by Gasteiger charge is 2.05. The minimum Gasteiger partial charge on any atom is -0.309 e. The SMILES string of the molecule is CC(CS(C)=O)NCc1ccccc1F. The fourth-order valence-corrected chi connectivity index (χ4v) is 2.16. The molecule has 15 heavy (non-hydrogen) atoms. The molecule has 2 unspecified atom stereocenters. The van der Waals surface area contributed by atoms with Gasteiger partial charge in [0.2, 0.25) is 0 Å². The summed E-state index contributed by atoms with van der Waals surface area (Å²) in [4.78, 5) is 0. The van der Waals surface area contributed by atoms with Crippen molar-refractivity contribution in [2.24, 2.45) is 0 Å². The van der Waals surface area contributed by atoms with Gasteiger partial charge in [-0.15, -0.1) is 0 Å². The second kappa shape index (κ2) is 5.98. The van der Waals surface area contributed by atoms with Gasteiger partial charge < -0.3 is 5.32 Å². The lowest BCUT2D eigenvalue weighted by atomic mass is 10.2. The van der Waals surface area contributed by atoms with Crippen molar-refractivity contribution in [3.05, 3.63) is 35.6 Å². The Morgan fingerprint density at radius 1 is 1.47 bits per heavy atom. The van der Waals surface area contributed by atoms with Gasteiger partial charge in [-0.25, -0.2) is 4.39 Å². The molecule has 0 aromatic heterocycles. The average molecular weight is 229 g/mol. The fraction of sp³-hybridized carbons (Fsp3) is 0.455. The van der Waals surface area contributed by atoms with Gasteiger partial charge >= 0.3 is 0 Å². The summed E-state index contributed by atoms with van der Waals surface area (Å²) in [6.45, 7) is 2.42. The Morgan fingerprint density at radius 3 is 2.73 bits per heavy atom. The van der Waals surface area contributed by atoms with Gasteiger partial charge in [0.25, 0.3) is 0 Å². The third-order valence-electron chi connectivity index (χ3n) is 2.08. The molecule has 0 bridgehead atoms. The van der Waals surface area contributed by atoms with E-state index in [1.165, 1.54) is 6.07 Å². The van der Waals surface area contributed by atoms with Gasteiger partial charge in [-0.05, 0) is 13.0 Å². The minimum absolute atomic E-state index is 0.135. The van der Waals surface area contributed by atoms with Crippen LogP contribution in [0.15, 0.2) is 24.3 Å². The molecule has 1 N–H and O–H groups in total. The van der Waals surface area contributed by atoms with Crippen molar-refractivity contribution in [3.8, 4) is 0 Å². The summed E-state index contributed by atoms with van der Waals surface area (Å²) in [6.07, 6.45) is 1.67. The zero-order valence-corrected chi connectivity index (χ0v) is 9.81. The number of hydrogen-bond donors (Lipinski definition) is 1. The normalized spacial score (nSPS) is 14.9. The molecule has 0 saturated heterocycles. The molecule has 1 aromatic rings. The summed E-state index contributed by atoms with van der Waals surface area (Å²) in [6, 6.07) is 6.81. The predicted molar refractivity (Wildman–Crippen MR) is 61.6 cm³/mol. The Labute approximate surface area is 92.3 Å². The molecule has 84 valence electrons. The van der Waals surface area contributed by atoms with Crippen molar-refractivity contribution >= 4 is 10.8 Å². The molecule has 1 rings (SSSR count). The molecule has 4 heteroatoms. The number of benzene rings is 1. The van der Waals surface area contributed by atoms with Crippen molar-refractivity contribution in [1.82, 2.24) is 5.32 Å². The van der Waals surface area contributed by atoms with E-state index >= 15 is 0 Å². The third kappa shape index (κ3) is 4.53. The summed E-state index contributed by atoms with van der Waals surface area (Å²) in [7, 11) is -0.815. The number of hydrogen-bond acceptors (Lipinski definition) is 2. The number of halogens is 1. The highest BCUT2D eigenvalue weighted by atomic mass is 32.2. The van der Waals surface area contributed by atoms with Crippen molar-refractivity contribution in [2.45, 2.75) is 19.5 Å². The van der Waals surface area contributed by atoms with Gasteiger partial charge in [-0.3, -0.25) is 4.21 Å². The summed E-state index contributed by atoms with van der Waals surface area (Å²) in [5.74, 6) is 0.392. The van der Waals surface area contributed by atoms with Gasteiger partial charge in [-0.1, -0.05) is 18.2 Å². The van der Waals surface area contributed by atoms with Crippen LogP contribution in [0, 0.1) is 5.82 Å². The van der Waals surface area contributed by atoms with Gasteiger partial charge in [0.15, 0.2) is 0 Å². The molecule has 0 amide bonds. The van der Waals surface area contributed by atoms with Crippen molar-refractivity contribution in [2.75, 3.05) is 12.0 Å². The molecule has 0 spiro atoms. The molecule has 1 aromatic carbocycles. The highest BCUT2D eigenvalue weighted by Crippen LogP contribution is 2.05. The van der Waals surface area contributed by atoms with E-state index in [9.17, 15) is 8.60 Å². The molecule has 0 fully saturated rings. The zero-order chi connectivity index (χ0) is 11.3. The maximum absolute atomic E-state index is 13.2. The molecule has 0 radical (unpaired) electrons. The standard InChI is InChI=1S/C11H16FNOS/c1-9(8-15(2)14)13-7-10-5-3-4-6-11(10)12/h3-6,9,13H,7-8H2,1-2H3. The first-order chi connectivity index (χ1) is 7.09. The minimum atomic E-state index is -0.815. The summed E-state index contributed by atoms with van der Waals surface area (Å²) < 4.78 is 24.1. The van der Waals surface area contributed by atoms with E-state index in [2.05, 4.69) is 5.32 Å². The van der Waals surface area contributed by atoms with E-state index in [1.54, 1.807) is 18.4 Å². The van der Waals surface area contributed by atoms with Crippen LogP contribution in [-0.4, -0.2) is 22.3 Å². The molecule has 0 aliphatic rings. The Bertz CT molecular complexity index is 343. The lowest BCUT2D eigenvalue weighted by molar-refractivity contribution is 0.554. The van der Waals surface area contributed by atoms with E-state index in [4.69, 9.17) is 0 Å². The molecular weight excluding hydrogens is 213 g/mol. The summed E-state index contributed by atoms with van der Waals surface area (Å²) >= 11 is 0. The van der Waals surface area contributed by atoms with E-state index in [0.29, 0.717) is 17.9 Å². The molecule has 0 aliphatic heterocycles. The number of rotatable bonds is 5. The average Bonchev–Trinajstić information content (AvgIpc) is 2.15. The van der Waals surface area contributed by atoms with Crippen LogP contribution in [0.3, 0.4) is 0 Å². The Morgan fingerprint density at radius 2 is 2.13 bits per heavy atom. The van der Waals surface area contributed by atoms with E-state index in [0.717, 1.165) is 0 Å². The molecule has 2 nitrogen and oxygen atoms in total. The van der Waals surface area contributed by atoms with Crippen LogP contribution < -0.4 is 5.32 Å². The van der Waals surface area contributed by atoms with E-state index < -0.39 is 10.8 Å². The van der Waals surface area contributed by atoms with Crippen LogP contribution in [0.5, 0.6) is 0 Å². The first-order valence-electron chi connectivity index (χ1n) is 4.86. The Balaban J connectivity index is 2.43. The van der Waals surface area contributed by atoms with E-state index in [1.807, 2.05) is 13.0 Å². The first kappa shape index (κ1) is 12.3. The maximum atomic E-state index is 13.2. The summed E-state index contributed by atoms with van der Waals surface area (Å²) in [5.41, 5.74) is 0.645. The lowest BCUT2D eigenvalue weighted by Gasteiger charge is -2.12. The predicted octanol–water partition coefficient (Wildman–Crippen LogP) is 1.68. The molecular formula is C11H16FNOS. The van der Waals surface area contributed by atoms with Crippen LogP contribution in [0.25, 0.3) is 0 Å². The maximum Gasteiger partial charge on any atom is 0.127 e. The Hall–Kier alpha value is -0.740. The van der Waals surface area contributed by atoms with Crippen LogP contribution in [0.4, 0.5) is 4.39 Å². The van der Waals surface area contributed by atoms with E-state index in [-0.39, 0.29) is 11.9 Å². The molecule has 0 saturated carbocycles. The van der Waals surface area contributed by atoms with Crippen LogP contribution in [0.1, 0.15) is 12.5 Å². The smallest absolute Gasteiger partial charge is 0.127 e. The molecule has 0 aliphatic carbocycles. The van der Waals surface area contributed by atoms with Gasteiger partial charge in [0.1, 0.15) is 5.82 Å². The highest BCUT2D eigenvalue weighted by molar-refractivity contribution is 7.84. The quantitative estimate of drug-likeness (QED) is 0.832. The Kier molecular flexibility index (Phi) is 4.91. The van der Waals surface area contributed by atoms with Gasteiger partial charge in [0.05, 0.1) is 0 Å². The second-order valence-electron chi connectivity index (χ2n) is 3.61. The first-order valence-corrected chi connectivity index (χ1v) is 6.59. The number of nitrogens with one attached hydrogen (secondary N) is 1. The monoisotopic (exact) mass is 229 g/mol.